The summed E-state index contributed by atoms with van der Waals surface area (Å²) in [5, 5.41) is 5.32. The molecule has 1 nitrogen and oxygen atoms in total. The van der Waals surface area contributed by atoms with Crippen molar-refractivity contribution in [3.8, 4) is 11.1 Å². The van der Waals surface area contributed by atoms with Gasteiger partial charge in [0.2, 0.25) is 0 Å². The highest BCUT2D eigenvalue weighted by molar-refractivity contribution is 7.10. The Bertz CT molecular complexity index is 505. The third-order valence-electron chi connectivity index (χ3n) is 2.78. The van der Waals surface area contributed by atoms with Crippen molar-refractivity contribution in [1.29, 1.82) is 0 Å². The second-order valence-corrected chi connectivity index (χ2v) is 5.09. The maximum absolute atomic E-state index is 13.3. The monoisotopic (exact) mass is 249 g/mol. The maximum atomic E-state index is 13.3. The standard InChI is InChI=1S/C14H16FNS/c1-3-16-9-11-8-12(15)4-5-14(11)13-6-7-17-10(13)2/h4-8,16H,3,9H2,1-2H3. The summed E-state index contributed by atoms with van der Waals surface area (Å²) in [7, 11) is 0. The van der Waals surface area contributed by atoms with Crippen LogP contribution in [0.15, 0.2) is 29.6 Å². The minimum absolute atomic E-state index is 0.172. The Labute approximate surface area is 105 Å². The van der Waals surface area contributed by atoms with E-state index in [0.717, 1.165) is 17.7 Å². The largest absolute Gasteiger partial charge is 0.313 e. The van der Waals surface area contributed by atoms with E-state index in [2.05, 4.69) is 30.6 Å². The van der Waals surface area contributed by atoms with Crippen LogP contribution in [0, 0.1) is 12.7 Å². The van der Waals surface area contributed by atoms with Crippen LogP contribution < -0.4 is 5.32 Å². The number of hydrogen-bond donors (Lipinski definition) is 1. The summed E-state index contributed by atoms with van der Waals surface area (Å²) in [4.78, 5) is 1.27. The van der Waals surface area contributed by atoms with Gasteiger partial charge in [-0.05, 0) is 53.7 Å². The topological polar surface area (TPSA) is 12.0 Å². The van der Waals surface area contributed by atoms with Crippen molar-refractivity contribution in [2.24, 2.45) is 0 Å². The zero-order chi connectivity index (χ0) is 12.3. The third kappa shape index (κ3) is 2.73. The minimum Gasteiger partial charge on any atom is -0.313 e. The average Bonchev–Trinajstić information content (AvgIpc) is 2.73. The SMILES string of the molecule is CCNCc1cc(F)ccc1-c1ccsc1C. The van der Waals surface area contributed by atoms with E-state index in [9.17, 15) is 4.39 Å². The van der Waals surface area contributed by atoms with Crippen molar-refractivity contribution in [3.63, 3.8) is 0 Å². The minimum atomic E-state index is -0.172. The second-order valence-electron chi connectivity index (χ2n) is 3.97. The predicted molar refractivity (Wildman–Crippen MR) is 71.8 cm³/mol. The molecule has 90 valence electrons. The second kappa shape index (κ2) is 5.43. The molecule has 2 rings (SSSR count). The van der Waals surface area contributed by atoms with Gasteiger partial charge in [-0.2, -0.15) is 0 Å². The van der Waals surface area contributed by atoms with Gasteiger partial charge in [-0.1, -0.05) is 13.0 Å². The summed E-state index contributed by atoms with van der Waals surface area (Å²) in [6.45, 7) is 5.74. The highest BCUT2D eigenvalue weighted by Crippen LogP contribution is 2.30. The molecule has 17 heavy (non-hydrogen) atoms. The Kier molecular flexibility index (Phi) is 3.92. The van der Waals surface area contributed by atoms with Gasteiger partial charge in [0.1, 0.15) is 5.82 Å². The van der Waals surface area contributed by atoms with E-state index < -0.39 is 0 Å². The van der Waals surface area contributed by atoms with Crippen LogP contribution in [-0.4, -0.2) is 6.54 Å². The average molecular weight is 249 g/mol. The van der Waals surface area contributed by atoms with E-state index in [1.165, 1.54) is 16.5 Å². The fourth-order valence-corrected chi connectivity index (χ4v) is 2.61. The van der Waals surface area contributed by atoms with Gasteiger partial charge in [0.25, 0.3) is 0 Å². The Morgan fingerprint density at radius 1 is 1.24 bits per heavy atom. The molecule has 0 aliphatic rings. The Morgan fingerprint density at radius 2 is 2.06 bits per heavy atom. The summed E-state index contributed by atoms with van der Waals surface area (Å²) in [5.41, 5.74) is 3.36. The zero-order valence-corrected chi connectivity index (χ0v) is 10.9. The number of thiophene rings is 1. The molecule has 2 aromatic rings. The fraction of sp³-hybridized carbons (Fsp3) is 0.286. The number of hydrogen-bond acceptors (Lipinski definition) is 2. The number of benzene rings is 1. The summed E-state index contributed by atoms with van der Waals surface area (Å²) < 4.78 is 13.3. The van der Waals surface area contributed by atoms with Crippen molar-refractivity contribution in [1.82, 2.24) is 5.32 Å². The normalized spacial score (nSPS) is 10.8. The quantitative estimate of drug-likeness (QED) is 0.864. The Hall–Kier alpha value is -1.19. The summed E-state index contributed by atoms with van der Waals surface area (Å²) in [5.74, 6) is -0.172. The smallest absolute Gasteiger partial charge is 0.123 e. The molecule has 1 aromatic carbocycles. The van der Waals surface area contributed by atoms with Crippen LogP contribution in [-0.2, 0) is 6.54 Å². The summed E-state index contributed by atoms with van der Waals surface area (Å²) >= 11 is 1.72. The van der Waals surface area contributed by atoms with Gasteiger partial charge in [-0.25, -0.2) is 4.39 Å². The molecule has 0 bridgehead atoms. The van der Waals surface area contributed by atoms with Crippen molar-refractivity contribution in [2.75, 3.05) is 6.54 Å². The number of rotatable bonds is 4. The van der Waals surface area contributed by atoms with Crippen molar-refractivity contribution < 1.29 is 4.39 Å². The van der Waals surface area contributed by atoms with Gasteiger partial charge in [-0.15, -0.1) is 11.3 Å². The molecule has 1 N–H and O–H groups in total. The molecule has 0 saturated heterocycles. The molecule has 0 radical (unpaired) electrons. The number of aryl methyl sites for hydroxylation is 1. The van der Waals surface area contributed by atoms with Gasteiger partial charge in [-0.3, -0.25) is 0 Å². The molecule has 0 aliphatic carbocycles. The summed E-state index contributed by atoms with van der Waals surface area (Å²) in [6, 6.07) is 7.12. The molecular formula is C14H16FNS. The highest BCUT2D eigenvalue weighted by Gasteiger charge is 2.09. The lowest BCUT2D eigenvalue weighted by molar-refractivity contribution is 0.622. The fourth-order valence-electron chi connectivity index (χ4n) is 1.90. The first kappa shape index (κ1) is 12.3. The first-order valence-electron chi connectivity index (χ1n) is 5.76. The third-order valence-corrected chi connectivity index (χ3v) is 3.63. The van der Waals surface area contributed by atoms with E-state index in [1.807, 2.05) is 6.07 Å². The molecular weight excluding hydrogens is 233 g/mol. The van der Waals surface area contributed by atoms with Crippen molar-refractivity contribution in [2.45, 2.75) is 20.4 Å². The van der Waals surface area contributed by atoms with Gasteiger partial charge in [0.05, 0.1) is 0 Å². The van der Waals surface area contributed by atoms with Crippen LogP contribution in [0.2, 0.25) is 0 Å². The van der Waals surface area contributed by atoms with Crippen LogP contribution in [0.1, 0.15) is 17.4 Å². The molecule has 3 heteroatoms. The zero-order valence-electron chi connectivity index (χ0n) is 10.1. The van der Waals surface area contributed by atoms with Gasteiger partial charge < -0.3 is 5.32 Å². The van der Waals surface area contributed by atoms with E-state index in [4.69, 9.17) is 0 Å². The summed E-state index contributed by atoms with van der Waals surface area (Å²) in [6.07, 6.45) is 0. The van der Waals surface area contributed by atoms with E-state index in [1.54, 1.807) is 17.4 Å². The number of halogens is 1. The van der Waals surface area contributed by atoms with E-state index in [-0.39, 0.29) is 5.82 Å². The maximum Gasteiger partial charge on any atom is 0.123 e. The van der Waals surface area contributed by atoms with Crippen LogP contribution >= 0.6 is 11.3 Å². The molecule has 1 heterocycles. The Morgan fingerprint density at radius 3 is 2.71 bits per heavy atom. The van der Waals surface area contributed by atoms with Crippen LogP contribution in [0.5, 0.6) is 0 Å². The molecule has 0 unspecified atom stereocenters. The van der Waals surface area contributed by atoms with E-state index in [0.29, 0.717) is 6.54 Å². The van der Waals surface area contributed by atoms with Gasteiger partial charge >= 0.3 is 0 Å². The number of nitrogens with one attached hydrogen (secondary N) is 1. The Balaban J connectivity index is 2.42. The van der Waals surface area contributed by atoms with Gasteiger partial charge in [0, 0.05) is 11.4 Å². The van der Waals surface area contributed by atoms with E-state index >= 15 is 0 Å². The van der Waals surface area contributed by atoms with Gasteiger partial charge in [0.15, 0.2) is 0 Å². The molecule has 0 spiro atoms. The van der Waals surface area contributed by atoms with Crippen LogP contribution in [0.3, 0.4) is 0 Å². The molecule has 0 atom stereocenters. The lowest BCUT2D eigenvalue weighted by Crippen LogP contribution is -2.12. The molecule has 1 aromatic heterocycles. The molecule has 0 aliphatic heterocycles. The van der Waals surface area contributed by atoms with Crippen LogP contribution in [0.25, 0.3) is 11.1 Å². The first-order valence-corrected chi connectivity index (χ1v) is 6.64. The lowest BCUT2D eigenvalue weighted by atomic mass is 10.0. The van der Waals surface area contributed by atoms with Crippen molar-refractivity contribution >= 4 is 11.3 Å². The predicted octanol–water partition coefficient (Wildman–Crippen LogP) is 3.97. The van der Waals surface area contributed by atoms with Crippen molar-refractivity contribution in [3.05, 3.63) is 45.9 Å². The van der Waals surface area contributed by atoms with Crippen LogP contribution in [0.4, 0.5) is 4.39 Å². The molecule has 0 amide bonds. The lowest BCUT2D eigenvalue weighted by Gasteiger charge is -2.10. The molecule has 0 saturated carbocycles. The molecule has 0 fully saturated rings. The highest BCUT2D eigenvalue weighted by atomic mass is 32.1. The first-order chi connectivity index (χ1) is 8.22.